The zero-order valence-electron chi connectivity index (χ0n) is 30.9. The van der Waals surface area contributed by atoms with Crippen molar-refractivity contribution in [1.82, 2.24) is 9.80 Å². The number of aliphatic imine (C=N–C) groups is 1. The first kappa shape index (κ1) is 52.9. The average molecular weight is 778 g/mol. The maximum atomic E-state index is 12.0. The number of carbonyl (C=O) groups excluding carboxylic acids is 3. The van der Waals surface area contributed by atoms with Gasteiger partial charge in [-0.05, 0) is 32.4 Å². The minimum atomic E-state index is -3.68. The number of carboxylic acid groups (broad SMARTS) is 1. The Morgan fingerprint density at radius 1 is 0.980 bits per heavy atom. The Labute approximate surface area is 337 Å². The predicted molar refractivity (Wildman–Crippen MR) is 201 cm³/mol. The van der Waals surface area contributed by atoms with Crippen LogP contribution in [-0.2, 0) is 50.8 Å². The summed E-state index contributed by atoms with van der Waals surface area (Å²) in [4.78, 5) is 51.6. The van der Waals surface area contributed by atoms with Crippen LogP contribution >= 0.6 is 11.8 Å². The molecule has 12 nitrogen and oxygen atoms in total. The van der Waals surface area contributed by atoms with Crippen molar-refractivity contribution in [3.05, 3.63) is 29.8 Å². The molecule has 1 aromatic rings. The van der Waals surface area contributed by atoms with E-state index in [1.165, 1.54) is 23.9 Å². The molecule has 0 aromatic heterocycles. The topological polar surface area (TPSA) is 160 Å². The van der Waals surface area contributed by atoms with Gasteiger partial charge in [0.2, 0.25) is 11.8 Å². The number of Topliss-reactive ketones (excluding diaryl/α,β-unsaturated/α-hetero) is 1. The fourth-order valence-corrected chi connectivity index (χ4v) is 5.50. The van der Waals surface area contributed by atoms with Gasteiger partial charge in [0, 0.05) is 50.4 Å². The molecule has 0 unspecified atom stereocenters. The second kappa shape index (κ2) is 33.3. The van der Waals surface area contributed by atoms with Crippen LogP contribution in [0.3, 0.4) is 0 Å². The van der Waals surface area contributed by atoms with E-state index in [1.807, 2.05) is 13.8 Å². The van der Waals surface area contributed by atoms with Crippen LogP contribution in [0.1, 0.15) is 65.4 Å². The van der Waals surface area contributed by atoms with Gasteiger partial charge in [-0.3, -0.25) is 23.6 Å². The third-order valence-corrected chi connectivity index (χ3v) is 8.66. The molecule has 2 rings (SSSR count). The Morgan fingerprint density at radius 3 is 1.98 bits per heavy atom. The SMILES string of the molecule is C#CCN(CCN(CCSCCC(=O)O)C(=O)CC)C(=O)CC.C#CCOS(=O)(=O)c1ccc(C)cc1.CC(=O)CC[S-].CCC1=NCCO1.[Na+]. The monoisotopic (exact) mass is 777 g/mol. The molecular weight excluding hydrogens is 726 g/mol. The maximum Gasteiger partial charge on any atom is 1.00 e. The molecule has 1 heterocycles. The molecule has 1 N–H and O–H groups in total. The average Bonchev–Trinajstić information content (AvgIpc) is 3.62. The summed E-state index contributed by atoms with van der Waals surface area (Å²) in [7, 11) is -3.68. The van der Waals surface area contributed by atoms with Gasteiger partial charge in [0.1, 0.15) is 19.0 Å². The number of aliphatic carboxylic acids is 1. The third kappa shape index (κ3) is 28.7. The number of ketones is 1. The molecule has 0 fully saturated rings. The van der Waals surface area contributed by atoms with Gasteiger partial charge in [0.15, 0.2) is 5.90 Å². The molecular formula is C35H52N3NaO9S3. The van der Waals surface area contributed by atoms with E-state index in [1.54, 1.807) is 42.7 Å². The number of carboxylic acids is 1. The van der Waals surface area contributed by atoms with Gasteiger partial charge in [-0.2, -0.15) is 25.9 Å². The number of hydrogen-bond acceptors (Lipinski definition) is 11. The standard InChI is InChI=1S/C16H26N2O4S.C10H10O3S.C5H9NO.C4H8OS.Na/c1-4-8-17(14(19)5-2)9-10-18(15(20)6-3)11-13-23-12-7-16(21)22;1-3-8-13-14(11,12)10-6-4-9(2)5-7-10;1-2-5-6-3-4-7-5;1-4(5)2-3-6;/h1H,5-13H2,2-3H3,(H,21,22);1,4-7H,8H2,2H3;2-4H2,1H3;6H,2-3H2,1H3;/q;;;;+1/p-1. The number of amides is 2. The molecule has 0 bridgehead atoms. The van der Waals surface area contributed by atoms with Crippen molar-refractivity contribution >= 4 is 64.0 Å². The number of hydrogen-bond donors (Lipinski definition) is 1. The van der Waals surface area contributed by atoms with Crippen molar-refractivity contribution in [2.75, 3.05) is 63.2 Å². The van der Waals surface area contributed by atoms with Crippen molar-refractivity contribution < 1.29 is 71.2 Å². The Hall–Kier alpha value is -2.50. The Bertz CT molecular complexity index is 1380. The van der Waals surface area contributed by atoms with Gasteiger partial charge in [-0.25, -0.2) is 0 Å². The second-order valence-electron chi connectivity index (χ2n) is 10.2. The molecule has 1 aliphatic rings. The number of thioether (sulfide) groups is 1. The van der Waals surface area contributed by atoms with E-state index in [9.17, 15) is 27.6 Å². The summed E-state index contributed by atoms with van der Waals surface area (Å²) in [6.07, 6.45) is 12.6. The van der Waals surface area contributed by atoms with Crippen LogP contribution in [-0.4, -0.2) is 116 Å². The number of benzene rings is 1. The minimum Gasteiger partial charge on any atom is -0.792 e. The molecule has 16 heteroatoms. The molecule has 51 heavy (non-hydrogen) atoms. The molecule has 280 valence electrons. The summed E-state index contributed by atoms with van der Waals surface area (Å²) in [5.74, 6) is 6.62. The summed E-state index contributed by atoms with van der Waals surface area (Å²) < 4.78 is 32.4. The quantitative estimate of drug-likeness (QED) is 0.0745. The van der Waals surface area contributed by atoms with Crippen LogP contribution in [0.15, 0.2) is 34.2 Å². The molecule has 0 radical (unpaired) electrons. The first-order valence-corrected chi connectivity index (χ1v) is 19.3. The molecule has 1 aliphatic heterocycles. The zero-order valence-corrected chi connectivity index (χ0v) is 35.3. The first-order chi connectivity index (χ1) is 23.7. The van der Waals surface area contributed by atoms with Crippen molar-refractivity contribution in [2.24, 2.45) is 4.99 Å². The van der Waals surface area contributed by atoms with Crippen molar-refractivity contribution in [3.63, 3.8) is 0 Å². The minimum absolute atomic E-state index is 0. The number of carbonyl (C=O) groups is 4. The zero-order chi connectivity index (χ0) is 38.4. The van der Waals surface area contributed by atoms with Crippen LogP contribution in [0, 0.1) is 31.6 Å². The molecule has 0 saturated carbocycles. The summed E-state index contributed by atoms with van der Waals surface area (Å²) >= 11 is 6.01. The number of rotatable bonds is 18. The van der Waals surface area contributed by atoms with E-state index in [-0.39, 0.29) is 71.6 Å². The Kier molecular flexibility index (Phi) is 34.6. The molecule has 0 spiro atoms. The molecule has 0 atom stereocenters. The first-order valence-electron chi connectivity index (χ1n) is 16.1. The van der Waals surface area contributed by atoms with E-state index in [0.717, 1.165) is 31.0 Å². The second-order valence-corrected chi connectivity index (χ2v) is 13.5. The molecule has 1 aromatic carbocycles. The Morgan fingerprint density at radius 2 is 1.57 bits per heavy atom. The van der Waals surface area contributed by atoms with Crippen molar-refractivity contribution in [3.8, 4) is 24.7 Å². The summed E-state index contributed by atoms with van der Waals surface area (Å²) in [5, 5.41) is 8.59. The third-order valence-electron chi connectivity index (χ3n) is 6.21. The van der Waals surface area contributed by atoms with Crippen LogP contribution in [0.25, 0.3) is 0 Å². The van der Waals surface area contributed by atoms with Crippen molar-refractivity contribution in [1.29, 1.82) is 0 Å². The van der Waals surface area contributed by atoms with E-state index in [2.05, 4.69) is 33.6 Å². The van der Waals surface area contributed by atoms with Crippen LogP contribution in [0.4, 0.5) is 0 Å². The Balaban J connectivity index is -0.000000688. The van der Waals surface area contributed by atoms with E-state index < -0.39 is 16.1 Å². The normalized spacial score (nSPS) is 11.0. The predicted octanol–water partition coefficient (Wildman–Crippen LogP) is 0.980. The fraction of sp³-hybridized carbons (Fsp3) is 0.571. The van der Waals surface area contributed by atoms with Crippen molar-refractivity contribution in [2.45, 2.75) is 71.6 Å². The number of terminal acetylenes is 2. The number of nitrogens with zero attached hydrogens (tertiary/aromatic N) is 3. The molecule has 0 aliphatic carbocycles. The summed E-state index contributed by atoms with van der Waals surface area (Å²) in [5.41, 5.74) is 0.987. The summed E-state index contributed by atoms with van der Waals surface area (Å²) in [6, 6.07) is 6.38. The van der Waals surface area contributed by atoms with E-state index in [4.69, 9.17) is 22.7 Å². The van der Waals surface area contributed by atoms with Gasteiger partial charge >= 0.3 is 35.5 Å². The van der Waals surface area contributed by atoms with Crippen LogP contribution in [0.5, 0.6) is 0 Å². The smallest absolute Gasteiger partial charge is 0.792 e. The number of aryl methyl sites for hydroxylation is 1. The maximum absolute atomic E-state index is 12.0. The van der Waals surface area contributed by atoms with Gasteiger partial charge in [0.25, 0.3) is 10.1 Å². The van der Waals surface area contributed by atoms with Gasteiger partial charge in [0.05, 0.1) is 24.4 Å². The van der Waals surface area contributed by atoms with Gasteiger partial charge in [-0.1, -0.05) is 50.3 Å². The fourth-order valence-electron chi connectivity index (χ4n) is 3.51. The van der Waals surface area contributed by atoms with Gasteiger partial charge < -0.3 is 37.1 Å². The molecule has 0 saturated heterocycles. The summed E-state index contributed by atoms with van der Waals surface area (Å²) in [6.45, 7) is 12.1. The number of ether oxygens (including phenoxy) is 1. The van der Waals surface area contributed by atoms with E-state index >= 15 is 0 Å². The van der Waals surface area contributed by atoms with Crippen LogP contribution in [0.2, 0.25) is 0 Å². The molecule has 2 amide bonds. The largest absolute Gasteiger partial charge is 1.00 e. The van der Waals surface area contributed by atoms with Gasteiger partial charge in [-0.15, -0.1) is 12.8 Å². The van der Waals surface area contributed by atoms with Crippen LogP contribution < -0.4 is 29.6 Å². The van der Waals surface area contributed by atoms with E-state index in [0.29, 0.717) is 56.2 Å².